The molecule has 0 aliphatic rings. The smallest absolute Gasteiger partial charge is 0.222 e. The van der Waals surface area contributed by atoms with Gasteiger partial charge in [0.1, 0.15) is 5.75 Å². The van der Waals surface area contributed by atoms with Gasteiger partial charge in [-0.3, -0.25) is 0 Å². The molecule has 0 bridgehead atoms. The van der Waals surface area contributed by atoms with Gasteiger partial charge in [0, 0.05) is 11.8 Å². The van der Waals surface area contributed by atoms with Gasteiger partial charge in [0.15, 0.2) is 0 Å². The highest BCUT2D eigenvalue weighted by Gasteiger charge is 2.09. The lowest BCUT2D eigenvalue weighted by Crippen LogP contribution is -1.92. The Morgan fingerprint density at radius 2 is 1.79 bits per heavy atom. The quantitative estimate of drug-likeness (QED) is 0.661. The number of rotatable bonds is 2. The third-order valence-electron chi connectivity index (χ3n) is 2.97. The van der Waals surface area contributed by atoms with Gasteiger partial charge < -0.3 is 4.74 Å². The summed E-state index contributed by atoms with van der Waals surface area (Å²) in [4.78, 5) is 8.13. The lowest BCUT2D eigenvalue weighted by Gasteiger charge is -2.10. The summed E-state index contributed by atoms with van der Waals surface area (Å²) in [5.41, 5.74) is 1.66. The first-order chi connectivity index (χ1) is 9.28. The summed E-state index contributed by atoms with van der Waals surface area (Å²) in [5.74, 6) is 0.772. The minimum absolute atomic E-state index is 0.229. The highest BCUT2D eigenvalue weighted by atomic mass is 35.5. The van der Waals surface area contributed by atoms with E-state index in [2.05, 4.69) is 22.1 Å². The molecule has 0 radical (unpaired) electrons. The summed E-state index contributed by atoms with van der Waals surface area (Å²) >= 11 is 5.85. The molecule has 3 nitrogen and oxygen atoms in total. The van der Waals surface area contributed by atoms with E-state index in [0.29, 0.717) is 0 Å². The van der Waals surface area contributed by atoms with Crippen LogP contribution in [0, 0.1) is 0 Å². The molecule has 0 unspecified atom stereocenters. The van der Waals surface area contributed by atoms with Crippen LogP contribution in [0.5, 0.6) is 5.75 Å². The average Bonchev–Trinajstić information content (AvgIpc) is 2.46. The third-order valence-corrected chi connectivity index (χ3v) is 3.15. The number of nitrogens with zero attached hydrogens (tertiary/aromatic N) is 2. The molecule has 0 aliphatic carbocycles. The van der Waals surface area contributed by atoms with Crippen molar-refractivity contribution >= 4 is 22.4 Å². The molecule has 0 fully saturated rings. The fourth-order valence-electron chi connectivity index (χ4n) is 2.07. The molecule has 2 aromatic carbocycles. The maximum Gasteiger partial charge on any atom is 0.222 e. The fourth-order valence-corrected chi connectivity index (χ4v) is 2.22. The van der Waals surface area contributed by atoms with Gasteiger partial charge in [0.2, 0.25) is 5.28 Å². The van der Waals surface area contributed by atoms with Crippen LogP contribution in [0.2, 0.25) is 5.28 Å². The van der Waals surface area contributed by atoms with E-state index in [-0.39, 0.29) is 5.28 Å². The van der Waals surface area contributed by atoms with E-state index in [9.17, 15) is 0 Å². The Morgan fingerprint density at radius 3 is 2.47 bits per heavy atom. The standard InChI is InChI=1S/C15H11ClN2O/c1-19-14-9-11-5-3-2-4-10(11)8-12(14)13-6-7-17-15(16)18-13/h2-9H,1H3. The Kier molecular flexibility index (Phi) is 3.05. The van der Waals surface area contributed by atoms with Gasteiger partial charge >= 0.3 is 0 Å². The van der Waals surface area contributed by atoms with Crippen molar-refractivity contribution in [3.8, 4) is 17.0 Å². The van der Waals surface area contributed by atoms with E-state index in [4.69, 9.17) is 16.3 Å². The number of aromatic nitrogens is 2. The maximum absolute atomic E-state index is 5.85. The molecule has 1 aromatic heterocycles. The van der Waals surface area contributed by atoms with Gasteiger partial charge in [-0.25, -0.2) is 9.97 Å². The molecule has 0 aliphatic heterocycles. The van der Waals surface area contributed by atoms with Gasteiger partial charge in [-0.15, -0.1) is 0 Å². The molecular weight excluding hydrogens is 260 g/mol. The van der Waals surface area contributed by atoms with Gasteiger partial charge in [-0.2, -0.15) is 0 Å². The van der Waals surface area contributed by atoms with E-state index in [1.54, 1.807) is 13.3 Å². The van der Waals surface area contributed by atoms with E-state index in [1.165, 1.54) is 0 Å². The zero-order valence-electron chi connectivity index (χ0n) is 10.3. The lowest BCUT2D eigenvalue weighted by molar-refractivity contribution is 0.417. The van der Waals surface area contributed by atoms with Crippen LogP contribution in [0.15, 0.2) is 48.7 Å². The van der Waals surface area contributed by atoms with Crippen LogP contribution in [0.25, 0.3) is 22.0 Å². The van der Waals surface area contributed by atoms with Crippen LogP contribution in [0.3, 0.4) is 0 Å². The molecule has 3 aromatic rings. The minimum Gasteiger partial charge on any atom is -0.496 e. The first kappa shape index (κ1) is 11.9. The van der Waals surface area contributed by atoms with Gasteiger partial charge in [-0.05, 0) is 40.6 Å². The number of halogens is 1. The number of methoxy groups -OCH3 is 1. The molecule has 0 spiro atoms. The summed E-state index contributed by atoms with van der Waals surface area (Å²) < 4.78 is 5.44. The SMILES string of the molecule is COc1cc2ccccc2cc1-c1ccnc(Cl)n1. The predicted molar refractivity (Wildman–Crippen MR) is 76.5 cm³/mol. The maximum atomic E-state index is 5.85. The van der Waals surface area contributed by atoms with Crippen molar-refractivity contribution in [3.05, 3.63) is 53.9 Å². The number of hydrogen-bond donors (Lipinski definition) is 0. The van der Waals surface area contributed by atoms with Crippen LogP contribution in [0.1, 0.15) is 0 Å². The van der Waals surface area contributed by atoms with Gasteiger partial charge in [0.25, 0.3) is 0 Å². The number of hydrogen-bond acceptors (Lipinski definition) is 3. The first-order valence-electron chi connectivity index (χ1n) is 5.83. The molecule has 19 heavy (non-hydrogen) atoms. The van der Waals surface area contributed by atoms with Gasteiger partial charge in [0.05, 0.1) is 12.8 Å². The molecule has 0 N–H and O–H groups in total. The highest BCUT2D eigenvalue weighted by molar-refractivity contribution is 6.28. The van der Waals surface area contributed by atoms with Crippen molar-refractivity contribution < 1.29 is 4.74 Å². The van der Waals surface area contributed by atoms with Crippen molar-refractivity contribution in [2.24, 2.45) is 0 Å². The van der Waals surface area contributed by atoms with Crippen molar-refractivity contribution in [2.45, 2.75) is 0 Å². The van der Waals surface area contributed by atoms with Crippen molar-refractivity contribution in [1.29, 1.82) is 0 Å². The molecule has 94 valence electrons. The van der Waals surface area contributed by atoms with E-state index < -0.39 is 0 Å². The first-order valence-corrected chi connectivity index (χ1v) is 6.21. The Bertz CT molecular complexity index is 743. The van der Waals surface area contributed by atoms with Crippen LogP contribution >= 0.6 is 11.6 Å². The molecule has 0 saturated heterocycles. The molecular formula is C15H11ClN2O. The lowest BCUT2D eigenvalue weighted by atomic mass is 10.0. The summed E-state index contributed by atoms with van der Waals surface area (Å²) in [6.45, 7) is 0. The Hall–Kier alpha value is -2.13. The number of ether oxygens (including phenoxy) is 1. The monoisotopic (exact) mass is 270 g/mol. The largest absolute Gasteiger partial charge is 0.496 e. The molecule has 0 amide bonds. The Morgan fingerprint density at radius 1 is 1.05 bits per heavy atom. The number of benzene rings is 2. The molecule has 0 atom stereocenters. The molecule has 3 rings (SSSR count). The second-order valence-electron chi connectivity index (χ2n) is 4.11. The van der Waals surface area contributed by atoms with Crippen molar-refractivity contribution in [1.82, 2.24) is 9.97 Å². The minimum atomic E-state index is 0.229. The van der Waals surface area contributed by atoms with E-state index in [0.717, 1.165) is 27.8 Å². The van der Waals surface area contributed by atoms with Gasteiger partial charge in [-0.1, -0.05) is 24.3 Å². The van der Waals surface area contributed by atoms with Crippen LogP contribution in [-0.2, 0) is 0 Å². The van der Waals surface area contributed by atoms with Crippen LogP contribution in [-0.4, -0.2) is 17.1 Å². The summed E-state index contributed by atoms with van der Waals surface area (Å²) in [6, 6.07) is 14.0. The summed E-state index contributed by atoms with van der Waals surface area (Å²) in [7, 11) is 1.65. The molecule has 4 heteroatoms. The topological polar surface area (TPSA) is 35.0 Å². The number of fused-ring (bicyclic) bond motifs is 1. The molecule has 0 saturated carbocycles. The third kappa shape index (κ3) is 2.25. The van der Waals surface area contributed by atoms with Crippen LogP contribution < -0.4 is 4.74 Å². The fraction of sp³-hybridized carbons (Fsp3) is 0.0667. The van der Waals surface area contributed by atoms with Crippen molar-refractivity contribution in [3.63, 3.8) is 0 Å². The highest BCUT2D eigenvalue weighted by Crippen LogP contribution is 2.33. The zero-order chi connectivity index (χ0) is 13.2. The average molecular weight is 271 g/mol. The van der Waals surface area contributed by atoms with Crippen molar-refractivity contribution in [2.75, 3.05) is 7.11 Å². The summed E-state index contributed by atoms with van der Waals surface area (Å²) in [6.07, 6.45) is 1.64. The Balaban J connectivity index is 2.27. The van der Waals surface area contributed by atoms with Crippen LogP contribution in [0.4, 0.5) is 0 Å². The second kappa shape index (κ2) is 4.86. The zero-order valence-corrected chi connectivity index (χ0v) is 11.1. The van der Waals surface area contributed by atoms with E-state index in [1.807, 2.05) is 30.3 Å². The predicted octanol–water partition coefficient (Wildman–Crippen LogP) is 3.96. The summed E-state index contributed by atoms with van der Waals surface area (Å²) in [5, 5.41) is 2.49. The van der Waals surface area contributed by atoms with E-state index >= 15 is 0 Å². The molecule has 1 heterocycles. The second-order valence-corrected chi connectivity index (χ2v) is 4.45. The normalized spacial score (nSPS) is 10.6. The Labute approximate surface area is 115 Å².